The first-order valence-corrected chi connectivity index (χ1v) is 11.4. The van der Waals surface area contributed by atoms with Crippen molar-refractivity contribution in [3.63, 3.8) is 0 Å². The van der Waals surface area contributed by atoms with Gasteiger partial charge in [0.25, 0.3) is 0 Å². The van der Waals surface area contributed by atoms with Crippen LogP contribution in [0.25, 0.3) is 11.0 Å². The van der Waals surface area contributed by atoms with Crippen molar-refractivity contribution in [2.45, 2.75) is 70.4 Å². The van der Waals surface area contributed by atoms with E-state index in [9.17, 15) is 13.2 Å². The van der Waals surface area contributed by atoms with E-state index in [1.165, 1.54) is 18.4 Å². The molecule has 0 radical (unpaired) electrons. The van der Waals surface area contributed by atoms with Crippen LogP contribution in [-0.4, -0.2) is 48.3 Å². The molecule has 0 aliphatic heterocycles. The number of nitrogens with zero attached hydrogens (tertiary/aromatic N) is 3. The Morgan fingerprint density at radius 1 is 1.29 bits per heavy atom. The van der Waals surface area contributed by atoms with Crippen LogP contribution in [0.4, 0.5) is 0 Å². The molecule has 1 atom stereocenters. The third-order valence-corrected chi connectivity index (χ3v) is 6.72. The van der Waals surface area contributed by atoms with Gasteiger partial charge in [-0.05, 0) is 38.0 Å². The second-order valence-electron chi connectivity index (χ2n) is 7.35. The van der Waals surface area contributed by atoms with Gasteiger partial charge in [-0.15, -0.1) is 0 Å². The number of amides is 1. The molecule has 0 aliphatic rings. The first-order chi connectivity index (χ1) is 13.2. The highest BCUT2D eigenvalue weighted by molar-refractivity contribution is 7.89. The smallest absolute Gasteiger partial charge is 0.242 e. The van der Waals surface area contributed by atoms with Gasteiger partial charge >= 0.3 is 0 Å². The van der Waals surface area contributed by atoms with Gasteiger partial charge in [-0.3, -0.25) is 4.79 Å². The summed E-state index contributed by atoms with van der Waals surface area (Å²) < 4.78 is 28.2. The molecule has 1 N–H and O–H groups in total. The molecule has 8 heteroatoms. The normalized spacial score (nSPS) is 13.2. The number of sulfonamides is 1. The molecule has 0 fully saturated rings. The zero-order valence-corrected chi connectivity index (χ0v) is 18.3. The molecule has 1 unspecified atom stereocenters. The van der Waals surface area contributed by atoms with Crippen LogP contribution in [0.15, 0.2) is 23.1 Å². The number of benzene rings is 1. The van der Waals surface area contributed by atoms with Crippen LogP contribution in [0, 0.1) is 0 Å². The monoisotopic (exact) mass is 408 g/mol. The number of rotatable bonds is 10. The van der Waals surface area contributed by atoms with Crippen LogP contribution in [0.3, 0.4) is 0 Å². The summed E-state index contributed by atoms with van der Waals surface area (Å²) in [4.78, 5) is 17.1. The standard InChI is InChI=1S/C20H32N4O3S/c1-6-8-13-24-18-10-9-16(28(26,27)23(4)5)14-17(18)22-19(24)11-12-20(25)21-15(3)7-2/h9-10,14-15H,6-8,11-13H2,1-5H3,(H,21,25). The minimum absolute atomic E-state index is 0.0133. The lowest BCUT2D eigenvalue weighted by molar-refractivity contribution is -0.121. The Labute approximate surface area is 168 Å². The highest BCUT2D eigenvalue weighted by atomic mass is 32.2. The number of carbonyl (C=O) groups is 1. The van der Waals surface area contributed by atoms with Crippen molar-refractivity contribution < 1.29 is 13.2 Å². The van der Waals surface area contributed by atoms with Gasteiger partial charge < -0.3 is 9.88 Å². The average molecular weight is 409 g/mol. The fourth-order valence-electron chi connectivity index (χ4n) is 2.96. The highest BCUT2D eigenvalue weighted by Crippen LogP contribution is 2.23. The van der Waals surface area contributed by atoms with Gasteiger partial charge in [0.2, 0.25) is 15.9 Å². The molecule has 2 aromatic rings. The lowest BCUT2D eigenvalue weighted by Gasteiger charge is -2.12. The minimum Gasteiger partial charge on any atom is -0.354 e. The first-order valence-electron chi connectivity index (χ1n) is 9.91. The van der Waals surface area contributed by atoms with E-state index in [4.69, 9.17) is 0 Å². The maximum absolute atomic E-state index is 12.4. The minimum atomic E-state index is -3.51. The number of imidazole rings is 1. The first kappa shape index (κ1) is 22.4. The van der Waals surface area contributed by atoms with Crippen molar-refractivity contribution in [3.05, 3.63) is 24.0 Å². The molecule has 7 nitrogen and oxygen atoms in total. The lowest BCUT2D eigenvalue weighted by Crippen LogP contribution is -2.32. The average Bonchev–Trinajstić information content (AvgIpc) is 3.00. The summed E-state index contributed by atoms with van der Waals surface area (Å²) in [6.45, 7) is 6.95. The zero-order chi connectivity index (χ0) is 20.9. The molecule has 1 aromatic heterocycles. The van der Waals surface area contributed by atoms with Crippen molar-refractivity contribution >= 4 is 27.0 Å². The quantitative estimate of drug-likeness (QED) is 0.655. The highest BCUT2D eigenvalue weighted by Gasteiger charge is 2.20. The van der Waals surface area contributed by atoms with Gasteiger partial charge in [0.15, 0.2) is 0 Å². The molecule has 2 rings (SSSR count). The van der Waals surface area contributed by atoms with E-state index in [1.807, 2.05) is 19.9 Å². The molecule has 0 saturated carbocycles. The Balaban J connectivity index is 2.34. The number of carbonyl (C=O) groups excluding carboxylic acids is 1. The van der Waals surface area contributed by atoms with E-state index in [2.05, 4.69) is 21.8 Å². The van der Waals surface area contributed by atoms with E-state index in [1.54, 1.807) is 12.1 Å². The Kier molecular flexibility index (Phi) is 7.60. The van der Waals surface area contributed by atoms with Gasteiger partial charge in [0.1, 0.15) is 5.82 Å². The summed E-state index contributed by atoms with van der Waals surface area (Å²) in [6.07, 6.45) is 3.82. The number of aromatic nitrogens is 2. The molecule has 1 amide bonds. The number of aryl methyl sites for hydroxylation is 2. The molecule has 156 valence electrons. The molecule has 0 saturated heterocycles. The molecule has 0 bridgehead atoms. The number of hydrogen-bond donors (Lipinski definition) is 1. The second-order valence-corrected chi connectivity index (χ2v) is 9.50. The third kappa shape index (κ3) is 5.11. The molecular weight excluding hydrogens is 376 g/mol. The Bertz CT molecular complexity index is 919. The van der Waals surface area contributed by atoms with E-state index in [0.717, 1.165) is 37.1 Å². The fourth-order valence-corrected chi connectivity index (χ4v) is 3.88. The fraction of sp³-hybridized carbons (Fsp3) is 0.600. The van der Waals surface area contributed by atoms with Gasteiger partial charge in [0.05, 0.1) is 15.9 Å². The van der Waals surface area contributed by atoms with Crippen LogP contribution < -0.4 is 5.32 Å². The lowest BCUT2D eigenvalue weighted by atomic mass is 10.2. The van der Waals surface area contributed by atoms with E-state index in [-0.39, 0.29) is 16.8 Å². The van der Waals surface area contributed by atoms with Crippen LogP contribution >= 0.6 is 0 Å². The SMILES string of the molecule is CCCCn1c(CCC(=O)NC(C)CC)nc2cc(S(=O)(=O)N(C)C)ccc21. The zero-order valence-electron chi connectivity index (χ0n) is 17.5. The predicted molar refractivity (Wildman–Crippen MR) is 112 cm³/mol. The van der Waals surface area contributed by atoms with Crippen LogP contribution in [0.1, 0.15) is 52.3 Å². The van der Waals surface area contributed by atoms with E-state index in [0.29, 0.717) is 18.4 Å². The number of hydrogen-bond acceptors (Lipinski definition) is 4. The number of fused-ring (bicyclic) bond motifs is 1. The van der Waals surface area contributed by atoms with Gasteiger partial charge in [-0.1, -0.05) is 20.3 Å². The van der Waals surface area contributed by atoms with Crippen molar-refractivity contribution in [2.75, 3.05) is 14.1 Å². The number of unbranched alkanes of at least 4 members (excludes halogenated alkanes) is 1. The van der Waals surface area contributed by atoms with Crippen LogP contribution in [0.2, 0.25) is 0 Å². The second kappa shape index (κ2) is 9.52. The summed E-state index contributed by atoms with van der Waals surface area (Å²) in [5.41, 5.74) is 1.56. The van der Waals surface area contributed by atoms with Crippen molar-refractivity contribution in [1.29, 1.82) is 0 Å². The van der Waals surface area contributed by atoms with Crippen molar-refractivity contribution in [3.8, 4) is 0 Å². The molecule has 1 heterocycles. The Morgan fingerprint density at radius 2 is 2.00 bits per heavy atom. The molecule has 0 aliphatic carbocycles. The Hall–Kier alpha value is -1.93. The van der Waals surface area contributed by atoms with Crippen molar-refractivity contribution in [1.82, 2.24) is 19.2 Å². The molecule has 1 aromatic carbocycles. The molecular formula is C20H32N4O3S. The van der Waals surface area contributed by atoms with E-state index < -0.39 is 10.0 Å². The van der Waals surface area contributed by atoms with E-state index >= 15 is 0 Å². The predicted octanol–water partition coefficient (Wildman–Crippen LogP) is 2.93. The largest absolute Gasteiger partial charge is 0.354 e. The summed E-state index contributed by atoms with van der Waals surface area (Å²) in [6, 6.07) is 5.22. The maximum atomic E-state index is 12.4. The topological polar surface area (TPSA) is 84.3 Å². The van der Waals surface area contributed by atoms with Gasteiger partial charge in [-0.2, -0.15) is 0 Å². The van der Waals surface area contributed by atoms with Crippen LogP contribution in [-0.2, 0) is 27.8 Å². The molecule has 28 heavy (non-hydrogen) atoms. The van der Waals surface area contributed by atoms with Gasteiger partial charge in [0, 0.05) is 39.5 Å². The third-order valence-electron chi connectivity index (χ3n) is 4.91. The van der Waals surface area contributed by atoms with Gasteiger partial charge in [-0.25, -0.2) is 17.7 Å². The summed E-state index contributed by atoms with van der Waals surface area (Å²) in [5, 5.41) is 2.98. The van der Waals surface area contributed by atoms with Crippen LogP contribution in [0.5, 0.6) is 0 Å². The number of nitrogens with one attached hydrogen (secondary N) is 1. The Morgan fingerprint density at radius 3 is 2.61 bits per heavy atom. The summed E-state index contributed by atoms with van der Waals surface area (Å²) >= 11 is 0. The molecule has 0 spiro atoms. The maximum Gasteiger partial charge on any atom is 0.242 e. The van der Waals surface area contributed by atoms with Crippen molar-refractivity contribution in [2.24, 2.45) is 0 Å². The summed E-state index contributed by atoms with van der Waals surface area (Å²) in [7, 11) is -0.482. The summed E-state index contributed by atoms with van der Waals surface area (Å²) in [5.74, 6) is 0.835.